The molecule has 1 unspecified atom stereocenters. The van der Waals surface area contributed by atoms with Crippen molar-refractivity contribution in [1.82, 2.24) is 15.1 Å². The van der Waals surface area contributed by atoms with Gasteiger partial charge in [-0.2, -0.15) is 0 Å². The van der Waals surface area contributed by atoms with Gasteiger partial charge in [-0.25, -0.2) is 0 Å². The first-order chi connectivity index (χ1) is 13.2. The fraction of sp³-hybridized carbons (Fsp3) is 0.600. The molecular formula is C20H29N3O3S. The highest BCUT2D eigenvalue weighted by Gasteiger charge is 2.28. The molecule has 3 rings (SSSR count). The molecule has 1 N–H and O–H groups in total. The van der Waals surface area contributed by atoms with Crippen molar-refractivity contribution in [2.24, 2.45) is 0 Å². The lowest BCUT2D eigenvalue weighted by Gasteiger charge is -2.36. The number of carbonyl (C=O) groups is 2. The highest BCUT2D eigenvalue weighted by molar-refractivity contribution is 8.00. The van der Waals surface area contributed by atoms with E-state index in [9.17, 15) is 9.59 Å². The van der Waals surface area contributed by atoms with Crippen LogP contribution in [0.15, 0.2) is 24.3 Å². The minimum absolute atomic E-state index is 0.0627. The standard InChI is InChI=1S/C20H29N3O3S/c1-2-16-3-5-17(6-4-16)18-13-21-7-8-23(18)20(25)15-27-14-19(24)22-9-11-26-12-10-22/h3-6,18,21H,2,7-15H2,1H3. The van der Waals surface area contributed by atoms with Crippen LogP contribution in [0, 0.1) is 0 Å². The van der Waals surface area contributed by atoms with Crippen molar-refractivity contribution in [2.75, 3.05) is 57.4 Å². The average Bonchev–Trinajstić information content (AvgIpc) is 2.74. The maximum atomic E-state index is 12.8. The van der Waals surface area contributed by atoms with E-state index >= 15 is 0 Å². The van der Waals surface area contributed by atoms with E-state index in [4.69, 9.17) is 4.74 Å². The Morgan fingerprint density at radius 3 is 2.52 bits per heavy atom. The maximum Gasteiger partial charge on any atom is 0.233 e. The number of rotatable bonds is 6. The number of carbonyl (C=O) groups excluding carboxylic acids is 2. The van der Waals surface area contributed by atoms with Crippen LogP contribution in [0.2, 0.25) is 0 Å². The molecule has 2 aliphatic heterocycles. The van der Waals surface area contributed by atoms with Crippen molar-refractivity contribution in [2.45, 2.75) is 19.4 Å². The first-order valence-electron chi connectivity index (χ1n) is 9.71. The molecule has 0 spiro atoms. The number of nitrogens with one attached hydrogen (secondary N) is 1. The Bertz CT molecular complexity index is 632. The Morgan fingerprint density at radius 1 is 1.11 bits per heavy atom. The number of hydrogen-bond donors (Lipinski definition) is 1. The molecule has 0 saturated carbocycles. The van der Waals surface area contributed by atoms with Gasteiger partial charge in [0.05, 0.1) is 30.8 Å². The summed E-state index contributed by atoms with van der Waals surface area (Å²) in [5.41, 5.74) is 2.47. The largest absolute Gasteiger partial charge is 0.378 e. The van der Waals surface area contributed by atoms with E-state index < -0.39 is 0 Å². The van der Waals surface area contributed by atoms with Crippen molar-refractivity contribution >= 4 is 23.6 Å². The van der Waals surface area contributed by atoms with Gasteiger partial charge in [0.1, 0.15) is 0 Å². The van der Waals surface area contributed by atoms with Crippen LogP contribution in [-0.4, -0.2) is 79.1 Å². The smallest absolute Gasteiger partial charge is 0.233 e. The second-order valence-corrected chi connectivity index (χ2v) is 7.87. The van der Waals surface area contributed by atoms with Gasteiger partial charge in [0.15, 0.2) is 0 Å². The topological polar surface area (TPSA) is 61.9 Å². The van der Waals surface area contributed by atoms with E-state index in [-0.39, 0.29) is 17.9 Å². The number of amides is 2. The van der Waals surface area contributed by atoms with Gasteiger partial charge in [-0.1, -0.05) is 31.2 Å². The van der Waals surface area contributed by atoms with Gasteiger partial charge in [-0.05, 0) is 17.5 Å². The summed E-state index contributed by atoms with van der Waals surface area (Å²) in [4.78, 5) is 28.8. The number of hydrogen-bond acceptors (Lipinski definition) is 5. The van der Waals surface area contributed by atoms with Crippen LogP contribution in [0.5, 0.6) is 0 Å². The lowest BCUT2D eigenvalue weighted by Crippen LogP contribution is -2.49. The van der Waals surface area contributed by atoms with Crippen LogP contribution < -0.4 is 5.32 Å². The molecule has 2 amide bonds. The number of morpholine rings is 1. The van der Waals surface area contributed by atoms with Crippen LogP contribution in [-0.2, 0) is 20.7 Å². The summed E-state index contributed by atoms with van der Waals surface area (Å²) in [5.74, 6) is 0.914. The Labute approximate surface area is 165 Å². The Kier molecular flexibility index (Phi) is 7.55. The molecule has 0 radical (unpaired) electrons. The zero-order chi connectivity index (χ0) is 19.1. The lowest BCUT2D eigenvalue weighted by atomic mass is 10.0. The summed E-state index contributed by atoms with van der Waals surface area (Å²) < 4.78 is 5.27. The molecule has 0 aromatic heterocycles. The van der Waals surface area contributed by atoms with Gasteiger partial charge >= 0.3 is 0 Å². The highest BCUT2D eigenvalue weighted by atomic mass is 32.2. The first-order valence-corrected chi connectivity index (χ1v) is 10.9. The van der Waals surface area contributed by atoms with E-state index in [1.807, 2.05) is 9.80 Å². The van der Waals surface area contributed by atoms with E-state index in [0.717, 1.165) is 19.5 Å². The number of thioether (sulfide) groups is 1. The summed E-state index contributed by atoms with van der Waals surface area (Å²) >= 11 is 1.42. The van der Waals surface area contributed by atoms with Gasteiger partial charge in [0.2, 0.25) is 11.8 Å². The fourth-order valence-electron chi connectivity index (χ4n) is 3.49. The molecule has 0 bridgehead atoms. The van der Waals surface area contributed by atoms with E-state index in [1.165, 1.54) is 22.9 Å². The molecule has 1 aromatic carbocycles. The number of aryl methyl sites for hydroxylation is 1. The van der Waals surface area contributed by atoms with Gasteiger partial charge in [-0.15, -0.1) is 11.8 Å². The van der Waals surface area contributed by atoms with E-state index in [2.05, 4.69) is 36.5 Å². The van der Waals surface area contributed by atoms with Crippen LogP contribution in [0.4, 0.5) is 0 Å². The molecule has 2 saturated heterocycles. The van der Waals surface area contributed by atoms with E-state index in [0.29, 0.717) is 44.4 Å². The number of benzene rings is 1. The first kappa shape index (κ1) is 20.2. The predicted octanol–water partition coefficient (Wildman–Crippen LogP) is 1.31. The van der Waals surface area contributed by atoms with Crippen LogP contribution in [0.1, 0.15) is 24.1 Å². The van der Waals surface area contributed by atoms with Gasteiger partial charge in [0.25, 0.3) is 0 Å². The quantitative estimate of drug-likeness (QED) is 0.792. The van der Waals surface area contributed by atoms with Crippen molar-refractivity contribution in [3.63, 3.8) is 0 Å². The van der Waals surface area contributed by atoms with Gasteiger partial charge < -0.3 is 19.9 Å². The van der Waals surface area contributed by atoms with Crippen molar-refractivity contribution < 1.29 is 14.3 Å². The SMILES string of the molecule is CCc1ccc(C2CNCCN2C(=O)CSCC(=O)N2CCOCC2)cc1. The maximum absolute atomic E-state index is 12.8. The number of nitrogens with zero attached hydrogens (tertiary/aromatic N) is 2. The lowest BCUT2D eigenvalue weighted by molar-refractivity contribution is -0.132. The molecule has 1 atom stereocenters. The third-order valence-electron chi connectivity index (χ3n) is 5.15. The minimum atomic E-state index is 0.0627. The Morgan fingerprint density at radius 2 is 1.81 bits per heavy atom. The summed E-state index contributed by atoms with van der Waals surface area (Å²) in [6.07, 6.45) is 1.01. The third-order valence-corrected chi connectivity index (χ3v) is 6.05. The predicted molar refractivity (Wildman–Crippen MR) is 108 cm³/mol. The zero-order valence-electron chi connectivity index (χ0n) is 16.0. The number of piperazine rings is 1. The molecule has 7 heteroatoms. The number of ether oxygens (including phenoxy) is 1. The summed E-state index contributed by atoms with van der Waals surface area (Å²) in [7, 11) is 0. The fourth-order valence-corrected chi connectivity index (χ4v) is 4.29. The molecule has 2 aliphatic rings. The Hall–Kier alpha value is -1.57. The minimum Gasteiger partial charge on any atom is -0.378 e. The molecular weight excluding hydrogens is 362 g/mol. The molecule has 1 aromatic rings. The molecule has 6 nitrogen and oxygen atoms in total. The third kappa shape index (κ3) is 5.46. The monoisotopic (exact) mass is 391 g/mol. The van der Waals surface area contributed by atoms with Gasteiger partial charge in [0, 0.05) is 32.7 Å². The van der Waals surface area contributed by atoms with E-state index in [1.54, 1.807) is 0 Å². The van der Waals surface area contributed by atoms with Crippen LogP contribution in [0.3, 0.4) is 0 Å². The summed E-state index contributed by atoms with van der Waals surface area (Å²) in [6.45, 7) is 6.95. The molecule has 2 fully saturated rings. The molecule has 0 aliphatic carbocycles. The normalized spacial score (nSPS) is 20.6. The van der Waals surface area contributed by atoms with Crippen molar-refractivity contribution in [1.29, 1.82) is 0 Å². The zero-order valence-corrected chi connectivity index (χ0v) is 16.8. The van der Waals surface area contributed by atoms with Gasteiger partial charge in [-0.3, -0.25) is 9.59 Å². The second-order valence-electron chi connectivity index (χ2n) is 6.89. The molecule has 148 valence electrons. The summed E-state index contributed by atoms with van der Waals surface area (Å²) in [6, 6.07) is 8.61. The average molecular weight is 392 g/mol. The highest BCUT2D eigenvalue weighted by Crippen LogP contribution is 2.24. The van der Waals surface area contributed by atoms with Crippen molar-refractivity contribution in [3.05, 3.63) is 35.4 Å². The van der Waals surface area contributed by atoms with Crippen molar-refractivity contribution in [3.8, 4) is 0 Å². The molecule has 2 heterocycles. The van der Waals surface area contributed by atoms with Crippen LogP contribution in [0.25, 0.3) is 0 Å². The molecule has 27 heavy (non-hydrogen) atoms. The second kappa shape index (κ2) is 10.1. The Balaban J connectivity index is 1.52. The van der Waals surface area contributed by atoms with Crippen LogP contribution >= 0.6 is 11.8 Å². The summed E-state index contributed by atoms with van der Waals surface area (Å²) in [5, 5.41) is 3.39.